The summed E-state index contributed by atoms with van der Waals surface area (Å²) in [5.41, 5.74) is 1.34. The molecule has 0 amide bonds. The number of benzene rings is 2. The molecule has 0 aliphatic rings. The lowest BCUT2D eigenvalue weighted by atomic mass is 10.0. The summed E-state index contributed by atoms with van der Waals surface area (Å²) in [5, 5.41) is 11.1. The molecule has 0 aromatic heterocycles. The molecule has 1 atom stereocenters. The Morgan fingerprint density at radius 2 is 1.85 bits per heavy atom. The van der Waals surface area contributed by atoms with Crippen molar-refractivity contribution in [2.75, 3.05) is 14.2 Å². The van der Waals surface area contributed by atoms with Gasteiger partial charge in [0.1, 0.15) is 17.6 Å². The SMILES string of the molecule is COc1ccc(C(O)c2cc(Cl)cc(Br)c2)c(OC)c1. The zero-order chi connectivity index (χ0) is 14.7. The Morgan fingerprint density at radius 1 is 1.10 bits per heavy atom. The zero-order valence-electron chi connectivity index (χ0n) is 11.1. The largest absolute Gasteiger partial charge is 0.497 e. The van der Waals surface area contributed by atoms with E-state index in [1.807, 2.05) is 6.07 Å². The van der Waals surface area contributed by atoms with E-state index in [1.165, 1.54) is 0 Å². The molecule has 0 saturated heterocycles. The fourth-order valence-electron chi connectivity index (χ4n) is 1.96. The van der Waals surface area contributed by atoms with Crippen molar-refractivity contribution >= 4 is 27.5 Å². The first-order valence-corrected chi connectivity index (χ1v) is 7.08. The van der Waals surface area contributed by atoms with Crippen molar-refractivity contribution in [3.63, 3.8) is 0 Å². The lowest BCUT2D eigenvalue weighted by molar-refractivity contribution is 0.214. The minimum atomic E-state index is -0.828. The topological polar surface area (TPSA) is 38.7 Å². The van der Waals surface area contributed by atoms with E-state index in [0.29, 0.717) is 27.6 Å². The maximum absolute atomic E-state index is 10.5. The van der Waals surface area contributed by atoms with Gasteiger partial charge in [0.2, 0.25) is 0 Å². The average molecular weight is 358 g/mol. The van der Waals surface area contributed by atoms with Crippen LogP contribution in [0.25, 0.3) is 0 Å². The fraction of sp³-hybridized carbons (Fsp3) is 0.200. The van der Waals surface area contributed by atoms with Gasteiger partial charge in [0, 0.05) is 21.1 Å². The first-order chi connectivity index (χ1) is 9.55. The first kappa shape index (κ1) is 15.2. The molecule has 106 valence electrons. The van der Waals surface area contributed by atoms with Crippen LogP contribution in [-0.4, -0.2) is 19.3 Å². The normalized spacial score (nSPS) is 12.1. The predicted octanol–water partition coefficient (Wildman–Crippen LogP) is 4.20. The van der Waals surface area contributed by atoms with Gasteiger partial charge in [-0.2, -0.15) is 0 Å². The van der Waals surface area contributed by atoms with Crippen molar-refractivity contribution in [1.29, 1.82) is 0 Å². The van der Waals surface area contributed by atoms with Gasteiger partial charge in [-0.05, 0) is 35.9 Å². The van der Waals surface area contributed by atoms with Crippen LogP contribution in [0.15, 0.2) is 40.9 Å². The molecular formula is C15H14BrClO3. The van der Waals surface area contributed by atoms with Crippen molar-refractivity contribution in [3.8, 4) is 11.5 Å². The van der Waals surface area contributed by atoms with Crippen LogP contribution in [-0.2, 0) is 0 Å². The van der Waals surface area contributed by atoms with Gasteiger partial charge in [-0.3, -0.25) is 0 Å². The number of hydrogen-bond acceptors (Lipinski definition) is 3. The smallest absolute Gasteiger partial charge is 0.128 e. The van der Waals surface area contributed by atoms with Gasteiger partial charge in [-0.25, -0.2) is 0 Å². The van der Waals surface area contributed by atoms with E-state index in [1.54, 1.807) is 44.6 Å². The van der Waals surface area contributed by atoms with Gasteiger partial charge in [0.15, 0.2) is 0 Å². The molecule has 0 saturated carbocycles. The molecule has 1 unspecified atom stereocenters. The highest BCUT2D eigenvalue weighted by molar-refractivity contribution is 9.10. The van der Waals surface area contributed by atoms with E-state index < -0.39 is 6.10 Å². The Labute approximate surface area is 131 Å². The molecule has 5 heteroatoms. The summed E-state index contributed by atoms with van der Waals surface area (Å²) in [6, 6.07) is 10.6. The van der Waals surface area contributed by atoms with Crippen LogP contribution in [0.4, 0.5) is 0 Å². The minimum Gasteiger partial charge on any atom is -0.497 e. The Morgan fingerprint density at radius 3 is 2.45 bits per heavy atom. The van der Waals surface area contributed by atoms with E-state index in [-0.39, 0.29) is 0 Å². The third kappa shape index (κ3) is 3.26. The van der Waals surface area contributed by atoms with Crippen molar-refractivity contribution < 1.29 is 14.6 Å². The van der Waals surface area contributed by atoms with Crippen molar-refractivity contribution in [2.24, 2.45) is 0 Å². The fourth-order valence-corrected chi connectivity index (χ4v) is 2.84. The highest BCUT2D eigenvalue weighted by Crippen LogP contribution is 2.34. The van der Waals surface area contributed by atoms with Crippen molar-refractivity contribution in [1.82, 2.24) is 0 Å². The average Bonchev–Trinajstić information content (AvgIpc) is 2.44. The van der Waals surface area contributed by atoms with E-state index in [0.717, 1.165) is 4.47 Å². The standard InChI is InChI=1S/C15H14BrClO3/c1-19-12-3-4-13(14(8-12)20-2)15(18)9-5-10(16)7-11(17)6-9/h3-8,15,18H,1-2H3. The van der Waals surface area contributed by atoms with Crippen LogP contribution in [0.3, 0.4) is 0 Å². The van der Waals surface area contributed by atoms with Gasteiger partial charge < -0.3 is 14.6 Å². The summed E-state index contributed by atoms with van der Waals surface area (Å²) < 4.78 is 11.3. The highest BCUT2D eigenvalue weighted by atomic mass is 79.9. The molecule has 0 heterocycles. The lowest BCUT2D eigenvalue weighted by Gasteiger charge is -2.16. The number of ether oxygens (including phenoxy) is 2. The van der Waals surface area contributed by atoms with Crippen LogP contribution < -0.4 is 9.47 Å². The summed E-state index contributed by atoms with van der Waals surface area (Å²) in [6.07, 6.45) is -0.828. The zero-order valence-corrected chi connectivity index (χ0v) is 13.4. The molecule has 1 N–H and O–H groups in total. The highest BCUT2D eigenvalue weighted by Gasteiger charge is 2.17. The third-order valence-electron chi connectivity index (χ3n) is 2.94. The van der Waals surface area contributed by atoms with Crippen LogP contribution in [0.2, 0.25) is 5.02 Å². The van der Waals surface area contributed by atoms with Crippen LogP contribution in [0, 0.1) is 0 Å². The molecule has 20 heavy (non-hydrogen) atoms. The molecule has 0 bridgehead atoms. The summed E-state index contributed by atoms with van der Waals surface area (Å²) in [5.74, 6) is 1.23. The van der Waals surface area contributed by atoms with E-state index in [4.69, 9.17) is 21.1 Å². The molecule has 2 aromatic rings. The van der Waals surface area contributed by atoms with Gasteiger partial charge in [0.05, 0.1) is 14.2 Å². The monoisotopic (exact) mass is 356 g/mol. The molecule has 0 fully saturated rings. The first-order valence-electron chi connectivity index (χ1n) is 5.91. The number of rotatable bonds is 4. The van der Waals surface area contributed by atoms with Crippen LogP contribution in [0.5, 0.6) is 11.5 Å². The van der Waals surface area contributed by atoms with E-state index in [2.05, 4.69) is 15.9 Å². The summed E-state index contributed by atoms with van der Waals surface area (Å²) in [4.78, 5) is 0. The third-order valence-corrected chi connectivity index (χ3v) is 3.61. The lowest BCUT2D eigenvalue weighted by Crippen LogP contribution is -2.03. The Hall–Kier alpha value is -1.23. The second-order valence-electron chi connectivity index (χ2n) is 4.21. The van der Waals surface area contributed by atoms with Gasteiger partial charge in [-0.1, -0.05) is 27.5 Å². The Bertz CT molecular complexity index is 596. The van der Waals surface area contributed by atoms with Crippen molar-refractivity contribution in [2.45, 2.75) is 6.10 Å². The van der Waals surface area contributed by atoms with E-state index in [9.17, 15) is 5.11 Å². The number of hydrogen-bond donors (Lipinski definition) is 1. The van der Waals surface area contributed by atoms with Gasteiger partial charge in [-0.15, -0.1) is 0 Å². The summed E-state index contributed by atoms with van der Waals surface area (Å²) in [6.45, 7) is 0. The molecule has 3 nitrogen and oxygen atoms in total. The summed E-state index contributed by atoms with van der Waals surface area (Å²) in [7, 11) is 3.14. The van der Waals surface area contributed by atoms with E-state index >= 15 is 0 Å². The quantitative estimate of drug-likeness (QED) is 0.891. The Balaban J connectivity index is 2.44. The second-order valence-corrected chi connectivity index (χ2v) is 5.57. The molecular weight excluding hydrogens is 344 g/mol. The number of halogens is 2. The number of aliphatic hydroxyl groups is 1. The maximum Gasteiger partial charge on any atom is 0.128 e. The van der Waals surface area contributed by atoms with Gasteiger partial charge >= 0.3 is 0 Å². The van der Waals surface area contributed by atoms with Crippen LogP contribution in [0.1, 0.15) is 17.2 Å². The summed E-state index contributed by atoms with van der Waals surface area (Å²) >= 11 is 9.38. The maximum atomic E-state index is 10.5. The molecule has 0 aliphatic heterocycles. The van der Waals surface area contributed by atoms with Crippen LogP contribution >= 0.6 is 27.5 Å². The number of methoxy groups -OCH3 is 2. The molecule has 2 aromatic carbocycles. The minimum absolute atomic E-state index is 0.556. The predicted molar refractivity (Wildman–Crippen MR) is 82.8 cm³/mol. The molecule has 2 rings (SSSR count). The molecule has 0 spiro atoms. The molecule has 0 radical (unpaired) electrons. The van der Waals surface area contributed by atoms with Gasteiger partial charge in [0.25, 0.3) is 0 Å². The number of aliphatic hydroxyl groups excluding tert-OH is 1. The second kappa shape index (κ2) is 6.48. The Kier molecular flexibility index (Phi) is 4.91. The molecule has 0 aliphatic carbocycles. The van der Waals surface area contributed by atoms with Crippen molar-refractivity contribution in [3.05, 3.63) is 57.0 Å².